The number of carbonyl (C=O) groups excluding carboxylic acids is 2. The smallest absolute Gasteiger partial charge is 0.256 e. The highest BCUT2D eigenvalue weighted by atomic mass is 19.1. The number of rotatable bonds is 7. The van der Waals surface area contributed by atoms with Crippen LogP contribution in [0.2, 0.25) is 0 Å². The van der Waals surface area contributed by atoms with E-state index in [9.17, 15) is 14.0 Å². The number of fused-ring (bicyclic) bond motifs is 1. The third kappa shape index (κ3) is 5.90. The van der Waals surface area contributed by atoms with Crippen molar-refractivity contribution in [2.75, 3.05) is 23.7 Å². The number of aryl methyl sites for hydroxylation is 1. The third-order valence-corrected chi connectivity index (χ3v) is 7.05. The van der Waals surface area contributed by atoms with Crippen LogP contribution in [0.4, 0.5) is 16.0 Å². The van der Waals surface area contributed by atoms with Gasteiger partial charge in [-0.05, 0) is 79.9 Å². The third-order valence-electron chi connectivity index (χ3n) is 7.05. The number of nitrogens with zero attached hydrogens (tertiary/aromatic N) is 4. The lowest BCUT2D eigenvalue weighted by atomic mass is 10.0. The highest BCUT2D eigenvalue weighted by molar-refractivity contribution is 6.03. The molecule has 5 aromatic rings. The number of nitrogens with one attached hydrogen (secondary N) is 3. The molecule has 6 rings (SSSR count). The molecule has 0 bridgehead atoms. The Kier molecular flexibility index (Phi) is 7.46. The molecule has 0 spiro atoms. The first-order valence-electron chi connectivity index (χ1n) is 13.6. The Balaban J connectivity index is 1.15. The average Bonchev–Trinajstić information content (AvgIpc) is 3.41. The minimum atomic E-state index is -0.437. The number of likely N-dealkylation sites (tertiary alicyclic amines) is 1. The van der Waals surface area contributed by atoms with Crippen LogP contribution in [0.3, 0.4) is 0 Å². The number of halogens is 1. The summed E-state index contributed by atoms with van der Waals surface area (Å²) in [6, 6.07) is 17.9. The second-order valence-corrected chi connectivity index (χ2v) is 10.1. The quantitative estimate of drug-likeness (QED) is 0.236. The van der Waals surface area contributed by atoms with E-state index in [4.69, 9.17) is 4.74 Å². The van der Waals surface area contributed by atoms with Crippen molar-refractivity contribution in [3.05, 3.63) is 102 Å². The molecule has 10 nitrogen and oxygen atoms in total. The summed E-state index contributed by atoms with van der Waals surface area (Å²) >= 11 is 0. The zero-order valence-corrected chi connectivity index (χ0v) is 22.8. The Morgan fingerprint density at radius 3 is 2.67 bits per heavy atom. The maximum atomic E-state index is 13.7. The second-order valence-electron chi connectivity index (χ2n) is 10.1. The van der Waals surface area contributed by atoms with Crippen LogP contribution in [0.5, 0.6) is 11.5 Å². The van der Waals surface area contributed by atoms with Gasteiger partial charge in [-0.2, -0.15) is 5.10 Å². The van der Waals surface area contributed by atoms with E-state index in [1.54, 1.807) is 59.8 Å². The molecule has 1 atom stereocenters. The van der Waals surface area contributed by atoms with Crippen LogP contribution in [-0.4, -0.2) is 56.0 Å². The molecule has 2 aromatic carbocycles. The molecule has 1 aliphatic rings. The summed E-state index contributed by atoms with van der Waals surface area (Å²) in [5.74, 6) is 1.19. The zero-order chi connectivity index (χ0) is 29.1. The van der Waals surface area contributed by atoms with Gasteiger partial charge in [-0.3, -0.25) is 14.7 Å². The lowest BCUT2D eigenvalue weighted by molar-refractivity contribution is 0.0714. The van der Waals surface area contributed by atoms with Gasteiger partial charge in [0.15, 0.2) is 11.5 Å². The minimum absolute atomic E-state index is 0.0727. The van der Waals surface area contributed by atoms with E-state index in [1.807, 2.05) is 13.0 Å². The molecule has 1 fully saturated rings. The monoisotopic (exact) mass is 565 g/mol. The maximum absolute atomic E-state index is 13.7. The van der Waals surface area contributed by atoms with Crippen molar-refractivity contribution >= 4 is 34.5 Å². The van der Waals surface area contributed by atoms with Gasteiger partial charge in [0.1, 0.15) is 28.5 Å². The van der Waals surface area contributed by atoms with E-state index in [0.29, 0.717) is 58.4 Å². The Bertz CT molecular complexity index is 1760. The molecule has 11 heteroatoms. The van der Waals surface area contributed by atoms with Crippen LogP contribution in [0.15, 0.2) is 79.1 Å². The van der Waals surface area contributed by atoms with Gasteiger partial charge in [-0.25, -0.2) is 14.4 Å². The molecular formula is C31H28FN7O3. The molecule has 0 radical (unpaired) electrons. The van der Waals surface area contributed by atoms with Gasteiger partial charge in [0.05, 0.1) is 0 Å². The largest absolute Gasteiger partial charge is 0.456 e. The number of hydrogen-bond donors (Lipinski definition) is 3. The normalized spacial score (nSPS) is 14.9. The Morgan fingerprint density at radius 2 is 1.86 bits per heavy atom. The summed E-state index contributed by atoms with van der Waals surface area (Å²) in [6.07, 6.45) is 4.89. The van der Waals surface area contributed by atoms with Crippen LogP contribution in [0, 0.1) is 12.7 Å². The Morgan fingerprint density at radius 1 is 1.02 bits per heavy atom. The van der Waals surface area contributed by atoms with E-state index in [-0.39, 0.29) is 17.9 Å². The minimum Gasteiger partial charge on any atom is -0.456 e. The standard InChI is InChI=1S/C31H28FN7O3/c1-19-11-13-33-26(16-19)36-30(40)20-7-9-24(10-8-20)42-25-12-14-34-28-27(25)29(38-37-28)35-23-6-3-15-39(18-23)31(41)21-4-2-5-22(32)17-21/h2,4-5,7-14,16-17,23H,3,6,15,18H2,1H3,(H,33,36,40)(H2,34,35,37,38)/t23-/m1/s1. The number of piperidine rings is 1. The van der Waals surface area contributed by atoms with Crippen LogP contribution in [0.25, 0.3) is 11.0 Å². The number of hydrogen-bond acceptors (Lipinski definition) is 7. The molecule has 4 heterocycles. The molecule has 3 aromatic heterocycles. The highest BCUT2D eigenvalue weighted by Gasteiger charge is 2.26. The number of ether oxygens (including phenoxy) is 1. The van der Waals surface area contributed by atoms with Crippen LogP contribution >= 0.6 is 0 Å². The molecule has 0 aliphatic carbocycles. The SMILES string of the molecule is Cc1ccnc(NC(=O)c2ccc(Oc3ccnc4[nH]nc(N[C@@H]5CCCN(C(=O)c6cccc(F)c6)C5)c34)cc2)c1. The summed E-state index contributed by atoms with van der Waals surface area (Å²) < 4.78 is 19.9. The lowest BCUT2D eigenvalue weighted by Gasteiger charge is -2.33. The second kappa shape index (κ2) is 11.7. The van der Waals surface area contributed by atoms with Crippen molar-refractivity contribution in [1.82, 2.24) is 25.1 Å². The fourth-order valence-electron chi connectivity index (χ4n) is 4.98. The number of H-pyrrole nitrogens is 1. The van der Waals surface area contributed by atoms with Crippen molar-refractivity contribution in [2.45, 2.75) is 25.8 Å². The fraction of sp³-hybridized carbons (Fsp3) is 0.194. The molecule has 0 unspecified atom stereocenters. The fourth-order valence-corrected chi connectivity index (χ4v) is 4.98. The van der Waals surface area contributed by atoms with E-state index < -0.39 is 5.82 Å². The van der Waals surface area contributed by atoms with Crippen molar-refractivity contribution < 1.29 is 18.7 Å². The number of aromatic nitrogens is 4. The van der Waals surface area contributed by atoms with Crippen LogP contribution in [0.1, 0.15) is 39.1 Å². The predicted molar refractivity (Wildman–Crippen MR) is 156 cm³/mol. The molecule has 2 amide bonds. The molecular weight excluding hydrogens is 537 g/mol. The maximum Gasteiger partial charge on any atom is 0.256 e. The molecule has 42 heavy (non-hydrogen) atoms. The first-order chi connectivity index (χ1) is 20.4. The van der Waals surface area contributed by atoms with Crippen molar-refractivity contribution in [2.24, 2.45) is 0 Å². The number of benzene rings is 2. The van der Waals surface area contributed by atoms with Gasteiger partial charge in [-0.15, -0.1) is 0 Å². The van der Waals surface area contributed by atoms with Gasteiger partial charge in [0.2, 0.25) is 0 Å². The highest BCUT2D eigenvalue weighted by Crippen LogP contribution is 2.33. The number of carbonyl (C=O) groups is 2. The van der Waals surface area contributed by atoms with E-state index >= 15 is 0 Å². The summed E-state index contributed by atoms with van der Waals surface area (Å²) in [7, 11) is 0. The Hall–Kier alpha value is -5.32. The number of aromatic amines is 1. The summed E-state index contributed by atoms with van der Waals surface area (Å²) in [5, 5.41) is 14.3. The first kappa shape index (κ1) is 26.9. The first-order valence-corrected chi connectivity index (χ1v) is 13.6. The van der Waals surface area contributed by atoms with Gasteiger partial charge in [0.25, 0.3) is 11.8 Å². The predicted octanol–water partition coefficient (Wildman–Crippen LogP) is 5.56. The van der Waals surface area contributed by atoms with Gasteiger partial charge in [-0.1, -0.05) is 6.07 Å². The van der Waals surface area contributed by atoms with E-state index in [1.165, 1.54) is 18.2 Å². The van der Waals surface area contributed by atoms with Crippen molar-refractivity contribution in [3.8, 4) is 11.5 Å². The van der Waals surface area contributed by atoms with Gasteiger partial charge < -0.3 is 20.3 Å². The Labute approximate surface area is 240 Å². The molecule has 212 valence electrons. The summed E-state index contributed by atoms with van der Waals surface area (Å²) in [5.41, 5.74) is 2.33. The average molecular weight is 566 g/mol. The summed E-state index contributed by atoms with van der Waals surface area (Å²) in [4.78, 5) is 35.9. The van der Waals surface area contributed by atoms with Crippen LogP contribution in [-0.2, 0) is 0 Å². The molecule has 1 aliphatic heterocycles. The molecule has 0 saturated carbocycles. The number of anilines is 2. The van der Waals surface area contributed by atoms with Gasteiger partial charge in [0, 0.05) is 48.7 Å². The molecule has 3 N–H and O–H groups in total. The lowest BCUT2D eigenvalue weighted by Crippen LogP contribution is -2.45. The van der Waals surface area contributed by atoms with Crippen LogP contribution < -0.4 is 15.4 Å². The number of pyridine rings is 2. The topological polar surface area (TPSA) is 125 Å². The van der Waals surface area contributed by atoms with Crippen molar-refractivity contribution in [3.63, 3.8) is 0 Å². The summed E-state index contributed by atoms with van der Waals surface area (Å²) in [6.45, 7) is 2.97. The van der Waals surface area contributed by atoms with E-state index in [2.05, 4.69) is 30.8 Å². The van der Waals surface area contributed by atoms with Gasteiger partial charge >= 0.3 is 0 Å². The van der Waals surface area contributed by atoms with Crippen molar-refractivity contribution in [1.29, 1.82) is 0 Å². The van der Waals surface area contributed by atoms with E-state index in [0.717, 1.165) is 18.4 Å². The molecule has 1 saturated heterocycles. The number of amides is 2. The zero-order valence-electron chi connectivity index (χ0n) is 22.8.